The van der Waals surface area contributed by atoms with Gasteiger partial charge in [-0.05, 0) is 25.7 Å². The van der Waals surface area contributed by atoms with E-state index in [1.165, 1.54) is 0 Å². The Morgan fingerprint density at radius 2 is 2.05 bits per heavy atom. The van der Waals surface area contributed by atoms with Crippen molar-refractivity contribution < 1.29 is 13.2 Å². The van der Waals surface area contributed by atoms with Crippen molar-refractivity contribution in [1.82, 2.24) is 8.61 Å². The number of nitrogens with zero attached hydrogens (tertiary/aromatic N) is 2. The van der Waals surface area contributed by atoms with E-state index in [1.807, 2.05) is 6.92 Å². The Morgan fingerprint density at radius 1 is 1.32 bits per heavy atom. The lowest BCUT2D eigenvalue weighted by molar-refractivity contribution is 0.00687. The molecule has 0 spiro atoms. The summed E-state index contributed by atoms with van der Waals surface area (Å²) in [6.45, 7) is 6.30. The summed E-state index contributed by atoms with van der Waals surface area (Å²) in [5.41, 5.74) is 5.79. The summed E-state index contributed by atoms with van der Waals surface area (Å²) in [6.07, 6.45) is 1.92. The number of nitrogens with two attached hydrogens (primary N) is 1. The first-order valence-electron chi connectivity index (χ1n) is 7.05. The normalized spacial score (nSPS) is 35.4. The SMILES string of the molecule is C[C@@H]1CN(S(=O)(=O)N2CCC[C@H](C)[C@H]2CN)CCO1. The van der Waals surface area contributed by atoms with Crippen LogP contribution in [0, 0.1) is 5.92 Å². The van der Waals surface area contributed by atoms with Crippen LogP contribution in [0.25, 0.3) is 0 Å². The highest BCUT2D eigenvalue weighted by atomic mass is 32.2. The second kappa shape index (κ2) is 6.05. The highest BCUT2D eigenvalue weighted by Crippen LogP contribution is 2.27. The minimum Gasteiger partial charge on any atom is -0.376 e. The van der Waals surface area contributed by atoms with Crippen molar-refractivity contribution in [2.24, 2.45) is 11.7 Å². The van der Waals surface area contributed by atoms with Gasteiger partial charge in [-0.2, -0.15) is 17.0 Å². The Morgan fingerprint density at radius 3 is 2.68 bits per heavy atom. The number of hydrogen-bond donors (Lipinski definition) is 1. The second-order valence-electron chi connectivity index (χ2n) is 5.58. The standard InChI is InChI=1S/C12H25N3O3S/c1-10-4-3-5-15(12(10)8-13)19(16,17)14-6-7-18-11(2)9-14/h10-12H,3-9,13H2,1-2H3/t10-,11+,12+/m0/s1. The van der Waals surface area contributed by atoms with E-state index in [4.69, 9.17) is 10.5 Å². The molecule has 0 amide bonds. The number of ether oxygens (including phenoxy) is 1. The summed E-state index contributed by atoms with van der Waals surface area (Å²) in [6, 6.07) is -0.0723. The van der Waals surface area contributed by atoms with E-state index in [-0.39, 0.29) is 12.1 Å². The molecule has 2 heterocycles. The summed E-state index contributed by atoms with van der Waals surface area (Å²) in [4.78, 5) is 0. The van der Waals surface area contributed by atoms with E-state index in [2.05, 4.69) is 6.92 Å². The summed E-state index contributed by atoms with van der Waals surface area (Å²) < 4.78 is 34.1. The van der Waals surface area contributed by atoms with Gasteiger partial charge in [-0.15, -0.1) is 0 Å². The molecule has 2 aliphatic heterocycles. The minimum absolute atomic E-state index is 0.0398. The summed E-state index contributed by atoms with van der Waals surface area (Å²) >= 11 is 0. The predicted molar refractivity (Wildman–Crippen MR) is 73.9 cm³/mol. The van der Waals surface area contributed by atoms with Crippen LogP contribution in [0.2, 0.25) is 0 Å². The maximum absolute atomic E-state index is 12.7. The van der Waals surface area contributed by atoms with Gasteiger partial charge in [0, 0.05) is 32.2 Å². The molecule has 0 aromatic rings. The van der Waals surface area contributed by atoms with E-state index in [0.29, 0.717) is 38.7 Å². The Bertz CT molecular complexity index is 401. The van der Waals surface area contributed by atoms with Crippen molar-refractivity contribution in [2.45, 2.75) is 38.8 Å². The van der Waals surface area contributed by atoms with Gasteiger partial charge in [0.2, 0.25) is 0 Å². The molecule has 2 rings (SSSR count). The third-order valence-electron chi connectivity index (χ3n) is 4.13. The molecule has 2 fully saturated rings. The monoisotopic (exact) mass is 291 g/mol. The Kier molecular flexibility index (Phi) is 4.84. The molecular weight excluding hydrogens is 266 g/mol. The molecule has 0 radical (unpaired) electrons. The topological polar surface area (TPSA) is 75.9 Å². The average Bonchev–Trinajstić information content (AvgIpc) is 2.38. The van der Waals surface area contributed by atoms with Gasteiger partial charge in [0.25, 0.3) is 10.2 Å². The molecule has 2 N–H and O–H groups in total. The van der Waals surface area contributed by atoms with Gasteiger partial charge >= 0.3 is 0 Å². The molecule has 19 heavy (non-hydrogen) atoms. The smallest absolute Gasteiger partial charge is 0.282 e. The highest BCUT2D eigenvalue weighted by Gasteiger charge is 2.40. The lowest BCUT2D eigenvalue weighted by Crippen LogP contribution is -2.58. The molecule has 0 aliphatic carbocycles. The fraction of sp³-hybridized carbons (Fsp3) is 1.00. The van der Waals surface area contributed by atoms with Crippen molar-refractivity contribution in [2.75, 3.05) is 32.8 Å². The largest absolute Gasteiger partial charge is 0.376 e. The molecule has 112 valence electrons. The lowest BCUT2D eigenvalue weighted by atomic mass is 9.93. The third kappa shape index (κ3) is 3.11. The maximum Gasteiger partial charge on any atom is 0.282 e. The zero-order chi connectivity index (χ0) is 14.0. The molecule has 0 aromatic carbocycles. The molecular formula is C12H25N3O3S. The van der Waals surface area contributed by atoms with Crippen LogP contribution in [0.15, 0.2) is 0 Å². The molecule has 0 unspecified atom stereocenters. The first kappa shape index (κ1) is 15.2. The first-order valence-corrected chi connectivity index (χ1v) is 8.45. The van der Waals surface area contributed by atoms with Crippen LogP contribution in [0.1, 0.15) is 26.7 Å². The van der Waals surface area contributed by atoms with Crippen molar-refractivity contribution in [1.29, 1.82) is 0 Å². The quantitative estimate of drug-likeness (QED) is 0.795. The van der Waals surface area contributed by atoms with E-state index < -0.39 is 10.2 Å². The van der Waals surface area contributed by atoms with E-state index in [0.717, 1.165) is 12.8 Å². The van der Waals surface area contributed by atoms with Crippen LogP contribution >= 0.6 is 0 Å². The highest BCUT2D eigenvalue weighted by molar-refractivity contribution is 7.86. The first-order chi connectivity index (χ1) is 8.96. The summed E-state index contributed by atoms with van der Waals surface area (Å²) in [7, 11) is -3.41. The molecule has 6 nitrogen and oxygen atoms in total. The van der Waals surface area contributed by atoms with Gasteiger partial charge in [-0.25, -0.2) is 0 Å². The number of piperidine rings is 1. The Hall–Kier alpha value is -0.210. The van der Waals surface area contributed by atoms with Gasteiger partial charge in [-0.3, -0.25) is 0 Å². The number of hydrogen-bond acceptors (Lipinski definition) is 4. The molecule has 2 saturated heterocycles. The maximum atomic E-state index is 12.7. The van der Waals surface area contributed by atoms with Gasteiger partial charge in [0.1, 0.15) is 0 Å². The number of morpholine rings is 1. The predicted octanol–water partition coefficient (Wildman–Crippen LogP) is 0.0111. The fourth-order valence-corrected chi connectivity index (χ4v) is 4.99. The zero-order valence-corrected chi connectivity index (χ0v) is 12.6. The average molecular weight is 291 g/mol. The molecule has 0 aromatic heterocycles. The van der Waals surface area contributed by atoms with Crippen LogP contribution in [0.3, 0.4) is 0 Å². The molecule has 3 atom stereocenters. The van der Waals surface area contributed by atoms with Crippen molar-refractivity contribution >= 4 is 10.2 Å². The van der Waals surface area contributed by atoms with Gasteiger partial charge in [0.05, 0.1) is 12.7 Å². The van der Waals surface area contributed by atoms with Crippen molar-refractivity contribution in [3.05, 3.63) is 0 Å². The van der Waals surface area contributed by atoms with Crippen LogP contribution in [-0.4, -0.2) is 62.0 Å². The van der Waals surface area contributed by atoms with Crippen molar-refractivity contribution in [3.63, 3.8) is 0 Å². The van der Waals surface area contributed by atoms with E-state index in [1.54, 1.807) is 8.61 Å². The van der Waals surface area contributed by atoms with Crippen LogP contribution < -0.4 is 5.73 Å². The molecule has 7 heteroatoms. The minimum atomic E-state index is -3.41. The van der Waals surface area contributed by atoms with Crippen molar-refractivity contribution in [3.8, 4) is 0 Å². The molecule has 0 bridgehead atoms. The molecule has 2 aliphatic rings. The Balaban J connectivity index is 2.17. The van der Waals surface area contributed by atoms with Crippen LogP contribution in [0.5, 0.6) is 0 Å². The van der Waals surface area contributed by atoms with Gasteiger partial charge in [0.15, 0.2) is 0 Å². The van der Waals surface area contributed by atoms with E-state index >= 15 is 0 Å². The summed E-state index contributed by atoms with van der Waals surface area (Å²) in [5, 5.41) is 0. The zero-order valence-electron chi connectivity index (χ0n) is 11.8. The Labute approximate surface area is 116 Å². The number of rotatable bonds is 3. The van der Waals surface area contributed by atoms with E-state index in [9.17, 15) is 8.42 Å². The van der Waals surface area contributed by atoms with Gasteiger partial charge < -0.3 is 10.5 Å². The second-order valence-corrected chi connectivity index (χ2v) is 7.46. The summed E-state index contributed by atoms with van der Waals surface area (Å²) in [5.74, 6) is 0.326. The third-order valence-corrected chi connectivity index (χ3v) is 6.16. The van der Waals surface area contributed by atoms with Gasteiger partial charge in [-0.1, -0.05) is 6.92 Å². The molecule has 0 saturated carbocycles. The lowest BCUT2D eigenvalue weighted by Gasteiger charge is -2.42. The van der Waals surface area contributed by atoms with Crippen LogP contribution in [-0.2, 0) is 14.9 Å². The van der Waals surface area contributed by atoms with Crippen LogP contribution in [0.4, 0.5) is 0 Å². The fourth-order valence-electron chi connectivity index (χ4n) is 2.99.